The summed E-state index contributed by atoms with van der Waals surface area (Å²) in [7, 11) is 0. The molecule has 0 aliphatic heterocycles. The van der Waals surface area contributed by atoms with E-state index in [4.69, 9.17) is 0 Å². The van der Waals surface area contributed by atoms with Crippen molar-refractivity contribution in [1.29, 1.82) is 0 Å². The predicted octanol–water partition coefficient (Wildman–Crippen LogP) is 5.94. The van der Waals surface area contributed by atoms with Gasteiger partial charge in [-0.2, -0.15) is 0 Å². The molecule has 0 fully saturated rings. The molecule has 0 heterocycles. The standard InChI is InChI=1S/C18H16IN/c1-13-9-14(2)11-18(10-13)20(19)17-8-7-15-5-3-4-6-16(15)12-17/h3-12H,1-2H3. The highest BCUT2D eigenvalue weighted by molar-refractivity contribution is 14.1. The average Bonchev–Trinajstić information content (AvgIpc) is 2.45. The Hall–Kier alpha value is -1.55. The molecule has 0 aliphatic rings. The normalized spacial score (nSPS) is 10.8. The maximum absolute atomic E-state index is 2.37. The van der Waals surface area contributed by atoms with Crippen molar-refractivity contribution < 1.29 is 0 Å². The fraction of sp³-hybridized carbons (Fsp3) is 0.111. The Labute approximate surface area is 133 Å². The lowest BCUT2D eigenvalue weighted by Crippen LogP contribution is -2.01. The monoisotopic (exact) mass is 373 g/mol. The van der Waals surface area contributed by atoms with E-state index in [2.05, 4.69) is 100 Å². The molecule has 0 radical (unpaired) electrons. The van der Waals surface area contributed by atoms with Crippen LogP contribution in [0.25, 0.3) is 10.8 Å². The van der Waals surface area contributed by atoms with Crippen LogP contribution in [-0.2, 0) is 0 Å². The second kappa shape index (κ2) is 5.44. The fourth-order valence-corrected chi connectivity index (χ4v) is 3.09. The summed E-state index contributed by atoms with van der Waals surface area (Å²) in [4.78, 5) is 0. The number of hydrogen-bond acceptors (Lipinski definition) is 1. The van der Waals surface area contributed by atoms with Crippen LogP contribution in [0.3, 0.4) is 0 Å². The number of benzene rings is 3. The van der Waals surface area contributed by atoms with Crippen molar-refractivity contribution in [2.45, 2.75) is 13.8 Å². The zero-order valence-corrected chi connectivity index (χ0v) is 13.8. The van der Waals surface area contributed by atoms with Gasteiger partial charge in [-0.25, -0.2) is 0 Å². The van der Waals surface area contributed by atoms with E-state index in [1.807, 2.05) is 0 Å². The summed E-state index contributed by atoms with van der Waals surface area (Å²) in [5.74, 6) is 0. The number of hydrogen-bond donors (Lipinski definition) is 0. The second-order valence-corrected chi connectivity index (χ2v) is 6.12. The minimum atomic E-state index is 1.20. The van der Waals surface area contributed by atoms with E-state index in [9.17, 15) is 0 Å². The molecule has 0 N–H and O–H groups in total. The van der Waals surface area contributed by atoms with E-state index < -0.39 is 0 Å². The SMILES string of the molecule is Cc1cc(C)cc(N(I)c2ccc3ccccc3c2)c1. The van der Waals surface area contributed by atoms with Gasteiger partial charge in [0.05, 0.1) is 34.2 Å². The zero-order chi connectivity index (χ0) is 14.1. The molecule has 0 saturated heterocycles. The average molecular weight is 373 g/mol. The molecule has 3 aromatic rings. The van der Waals surface area contributed by atoms with Gasteiger partial charge in [0.1, 0.15) is 0 Å². The van der Waals surface area contributed by atoms with Crippen LogP contribution in [-0.4, -0.2) is 0 Å². The Morgan fingerprint density at radius 2 is 1.35 bits per heavy atom. The number of rotatable bonds is 2. The summed E-state index contributed by atoms with van der Waals surface area (Å²) < 4.78 is 2.21. The van der Waals surface area contributed by atoms with Crippen molar-refractivity contribution in [2.24, 2.45) is 0 Å². The van der Waals surface area contributed by atoms with E-state index in [0.717, 1.165) is 0 Å². The van der Waals surface area contributed by atoms with Crippen molar-refractivity contribution in [3.63, 3.8) is 0 Å². The molecule has 0 unspecified atom stereocenters. The highest BCUT2D eigenvalue weighted by atomic mass is 127. The number of nitrogens with zero attached hydrogens (tertiary/aromatic N) is 1. The first-order valence-corrected chi connectivity index (χ1v) is 7.63. The molecule has 0 saturated carbocycles. The Balaban J connectivity index is 2.05. The minimum absolute atomic E-state index is 1.20. The van der Waals surface area contributed by atoms with E-state index in [0.29, 0.717) is 0 Å². The smallest absolute Gasteiger partial charge is 0.0646 e. The molecule has 0 atom stereocenters. The number of aryl methyl sites for hydroxylation is 2. The van der Waals surface area contributed by atoms with Gasteiger partial charge in [0, 0.05) is 0 Å². The van der Waals surface area contributed by atoms with Crippen LogP contribution < -0.4 is 3.11 Å². The summed E-state index contributed by atoms with van der Waals surface area (Å²) in [6.07, 6.45) is 0. The van der Waals surface area contributed by atoms with Gasteiger partial charge in [-0.15, -0.1) is 0 Å². The van der Waals surface area contributed by atoms with Gasteiger partial charge in [-0.05, 0) is 60.0 Å². The molecule has 0 aliphatic carbocycles. The molecule has 3 aromatic carbocycles. The summed E-state index contributed by atoms with van der Waals surface area (Å²) in [5, 5.41) is 2.55. The third kappa shape index (κ3) is 2.66. The van der Waals surface area contributed by atoms with Gasteiger partial charge >= 0.3 is 0 Å². The molecule has 0 amide bonds. The number of halogens is 1. The first-order valence-electron chi connectivity index (χ1n) is 6.66. The molecule has 3 rings (SSSR count). The summed E-state index contributed by atoms with van der Waals surface area (Å²) in [6.45, 7) is 4.28. The molecule has 0 bridgehead atoms. The van der Waals surface area contributed by atoms with Gasteiger partial charge in [0.2, 0.25) is 0 Å². The lowest BCUT2D eigenvalue weighted by Gasteiger charge is -2.18. The van der Waals surface area contributed by atoms with E-state index in [1.165, 1.54) is 33.3 Å². The molecule has 0 aromatic heterocycles. The van der Waals surface area contributed by atoms with Crippen LogP contribution in [0.15, 0.2) is 60.7 Å². The third-order valence-corrected chi connectivity index (χ3v) is 4.51. The quantitative estimate of drug-likeness (QED) is 0.397. The Morgan fingerprint density at radius 3 is 2.05 bits per heavy atom. The van der Waals surface area contributed by atoms with Crippen LogP contribution >= 0.6 is 22.9 Å². The van der Waals surface area contributed by atoms with Gasteiger partial charge in [0.25, 0.3) is 0 Å². The van der Waals surface area contributed by atoms with Crippen molar-refractivity contribution >= 4 is 45.0 Å². The summed E-state index contributed by atoms with van der Waals surface area (Å²) in [5.41, 5.74) is 5.01. The molecular weight excluding hydrogens is 357 g/mol. The molecule has 20 heavy (non-hydrogen) atoms. The van der Waals surface area contributed by atoms with Crippen LogP contribution in [0, 0.1) is 13.8 Å². The van der Waals surface area contributed by atoms with Gasteiger partial charge in [-0.1, -0.05) is 36.4 Å². The molecular formula is C18H16IN. The molecule has 0 spiro atoms. The maximum atomic E-state index is 2.37. The van der Waals surface area contributed by atoms with Gasteiger partial charge < -0.3 is 0 Å². The first-order chi connectivity index (χ1) is 9.63. The largest absolute Gasteiger partial charge is 0.283 e. The second-order valence-electron chi connectivity index (χ2n) is 5.16. The van der Waals surface area contributed by atoms with Crippen molar-refractivity contribution in [3.05, 3.63) is 71.8 Å². The van der Waals surface area contributed by atoms with E-state index in [1.54, 1.807) is 0 Å². The predicted molar refractivity (Wildman–Crippen MR) is 96.0 cm³/mol. The molecule has 2 heteroatoms. The third-order valence-electron chi connectivity index (χ3n) is 3.39. The van der Waals surface area contributed by atoms with Crippen molar-refractivity contribution in [1.82, 2.24) is 0 Å². The van der Waals surface area contributed by atoms with E-state index in [-0.39, 0.29) is 0 Å². The molecule has 1 nitrogen and oxygen atoms in total. The van der Waals surface area contributed by atoms with Crippen molar-refractivity contribution in [3.8, 4) is 0 Å². The highest BCUT2D eigenvalue weighted by Crippen LogP contribution is 2.32. The van der Waals surface area contributed by atoms with Crippen LogP contribution in [0.4, 0.5) is 11.4 Å². The summed E-state index contributed by atoms with van der Waals surface area (Å²) in [6, 6.07) is 21.7. The zero-order valence-electron chi connectivity index (χ0n) is 11.6. The van der Waals surface area contributed by atoms with E-state index >= 15 is 0 Å². The Bertz CT molecular complexity index is 744. The van der Waals surface area contributed by atoms with Gasteiger partial charge in [0.15, 0.2) is 0 Å². The highest BCUT2D eigenvalue weighted by Gasteiger charge is 2.07. The molecule has 100 valence electrons. The fourth-order valence-electron chi connectivity index (χ4n) is 2.51. The lowest BCUT2D eigenvalue weighted by molar-refractivity contribution is 1.35. The van der Waals surface area contributed by atoms with Crippen molar-refractivity contribution in [2.75, 3.05) is 3.11 Å². The Kier molecular flexibility index (Phi) is 3.66. The first kappa shape index (κ1) is 13.4. The maximum Gasteiger partial charge on any atom is 0.0646 e. The summed E-state index contributed by atoms with van der Waals surface area (Å²) >= 11 is 2.37. The Morgan fingerprint density at radius 1 is 0.700 bits per heavy atom. The van der Waals surface area contributed by atoms with Crippen LogP contribution in [0.5, 0.6) is 0 Å². The van der Waals surface area contributed by atoms with Gasteiger partial charge in [-0.3, -0.25) is 3.11 Å². The topological polar surface area (TPSA) is 3.24 Å². The van der Waals surface area contributed by atoms with Crippen LogP contribution in [0.2, 0.25) is 0 Å². The number of fused-ring (bicyclic) bond motifs is 1. The minimum Gasteiger partial charge on any atom is -0.283 e. The van der Waals surface area contributed by atoms with Crippen LogP contribution in [0.1, 0.15) is 11.1 Å². The number of anilines is 2. The lowest BCUT2D eigenvalue weighted by atomic mass is 10.1.